The monoisotopic (exact) mass is 425 g/mol. The Kier molecular flexibility index (Phi) is 5.81. The fraction of sp³-hybridized carbons (Fsp3) is 0.300. The summed E-state index contributed by atoms with van der Waals surface area (Å²) >= 11 is 5.25. The van der Waals surface area contributed by atoms with Crippen molar-refractivity contribution in [2.75, 3.05) is 12.4 Å². The van der Waals surface area contributed by atoms with E-state index in [0.717, 1.165) is 12.1 Å². The smallest absolute Gasteiger partial charge is 0.416 e. The summed E-state index contributed by atoms with van der Waals surface area (Å²) in [4.78, 5) is 11.4. The quantitative estimate of drug-likeness (QED) is 0.691. The maximum atomic E-state index is 13.3. The summed E-state index contributed by atoms with van der Waals surface area (Å²) in [5, 5.41) is 12.0. The second-order valence-corrected chi connectivity index (χ2v) is 7.01. The lowest BCUT2D eigenvalue weighted by atomic mass is 9.94. The fourth-order valence-electron chi connectivity index (χ4n) is 3.26. The molecular weight excluding hydrogens is 407 g/mol. The normalized spacial score (nSPS) is 19.1. The minimum atomic E-state index is -4.55. The Morgan fingerprint density at radius 3 is 2.62 bits per heavy atom. The molecule has 0 aromatic heterocycles. The zero-order chi connectivity index (χ0) is 21.3. The van der Waals surface area contributed by atoms with Gasteiger partial charge in [-0.2, -0.15) is 13.2 Å². The highest BCUT2D eigenvalue weighted by molar-refractivity contribution is 7.80. The molecule has 0 bridgehead atoms. The van der Waals surface area contributed by atoms with Crippen LogP contribution in [0.3, 0.4) is 0 Å². The predicted molar refractivity (Wildman–Crippen MR) is 104 cm³/mol. The standard InChI is InChI=1S/C20H18F3NO4S/c1-10-12(4-3-5-15(10)27-2)18-13-8-11(20(21,22)23)6-7-14(13)24-19(29)16(28-18)9-17(25)26/h3-8,16,18H,9H2,1-2H3,(H,24,29)(H,25,26)/t16-,18-/m1/s1. The Balaban J connectivity index is 2.20. The van der Waals surface area contributed by atoms with Crippen molar-refractivity contribution in [2.24, 2.45) is 0 Å². The van der Waals surface area contributed by atoms with E-state index in [-0.39, 0.29) is 10.6 Å². The van der Waals surface area contributed by atoms with Crippen LogP contribution in [0.5, 0.6) is 5.75 Å². The molecule has 0 radical (unpaired) electrons. The summed E-state index contributed by atoms with van der Waals surface area (Å²) in [6.45, 7) is 1.76. The van der Waals surface area contributed by atoms with E-state index in [4.69, 9.17) is 21.7 Å². The first kappa shape index (κ1) is 21.1. The molecule has 1 heterocycles. The van der Waals surface area contributed by atoms with E-state index in [2.05, 4.69) is 5.32 Å². The molecule has 154 valence electrons. The first-order valence-electron chi connectivity index (χ1n) is 8.64. The molecule has 0 aliphatic carbocycles. The molecule has 0 amide bonds. The lowest BCUT2D eigenvalue weighted by Crippen LogP contribution is -2.30. The molecular formula is C20H18F3NO4S. The lowest BCUT2D eigenvalue weighted by molar-refractivity contribution is -0.139. The highest BCUT2D eigenvalue weighted by Gasteiger charge is 2.36. The number of hydrogen-bond donors (Lipinski definition) is 2. The van der Waals surface area contributed by atoms with Crippen LogP contribution in [-0.2, 0) is 15.7 Å². The van der Waals surface area contributed by atoms with E-state index in [1.54, 1.807) is 25.1 Å². The van der Waals surface area contributed by atoms with Crippen LogP contribution in [0, 0.1) is 6.92 Å². The largest absolute Gasteiger partial charge is 0.496 e. The van der Waals surface area contributed by atoms with Gasteiger partial charge in [-0.15, -0.1) is 0 Å². The van der Waals surface area contributed by atoms with Gasteiger partial charge in [-0.05, 0) is 42.3 Å². The molecule has 0 saturated carbocycles. The Morgan fingerprint density at radius 2 is 2.00 bits per heavy atom. The number of rotatable bonds is 4. The van der Waals surface area contributed by atoms with Crippen molar-refractivity contribution in [3.8, 4) is 5.75 Å². The SMILES string of the molecule is COc1cccc([C@H]2O[C@H](CC(=O)O)C(=S)Nc3ccc(C(F)(F)F)cc32)c1C. The van der Waals surface area contributed by atoms with Crippen molar-refractivity contribution in [3.05, 3.63) is 58.7 Å². The van der Waals surface area contributed by atoms with Crippen LogP contribution in [0.15, 0.2) is 36.4 Å². The summed E-state index contributed by atoms with van der Waals surface area (Å²) in [6.07, 6.45) is -6.96. The van der Waals surface area contributed by atoms with Gasteiger partial charge in [0.2, 0.25) is 0 Å². The van der Waals surface area contributed by atoms with Gasteiger partial charge in [0.25, 0.3) is 0 Å². The van der Waals surface area contributed by atoms with Crippen molar-refractivity contribution >= 4 is 28.9 Å². The van der Waals surface area contributed by atoms with Crippen LogP contribution in [-0.4, -0.2) is 29.3 Å². The van der Waals surface area contributed by atoms with Crippen LogP contribution in [0.2, 0.25) is 0 Å². The first-order valence-corrected chi connectivity index (χ1v) is 9.05. The van der Waals surface area contributed by atoms with E-state index >= 15 is 0 Å². The third kappa shape index (κ3) is 4.35. The van der Waals surface area contributed by atoms with Crippen LogP contribution in [0.4, 0.5) is 18.9 Å². The fourth-order valence-corrected chi connectivity index (χ4v) is 3.51. The average Bonchev–Trinajstić information content (AvgIpc) is 2.77. The maximum absolute atomic E-state index is 13.3. The summed E-state index contributed by atoms with van der Waals surface area (Å²) in [5.74, 6) is -0.601. The summed E-state index contributed by atoms with van der Waals surface area (Å²) < 4.78 is 51.3. The summed E-state index contributed by atoms with van der Waals surface area (Å²) in [5.41, 5.74) is 0.946. The predicted octanol–water partition coefficient (Wildman–Crippen LogP) is 4.72. The average molecular weight is 425 g/mol. The van der Waals surface area contributed by atoms with Crippen molar-refractivity contribution < 1.29 is 32.5 Å². The third-order valence-corrected chi connectivity index (χ3v) is 5.07. The van der Waals surface area contributed by atoms with Gasteiger partial charge in [0.05, 0.1) is 19.1 Å². The summed E-state index contributed by atoms with van der Waals surface area (Å²) in [7, 11) is 1.49. The molecule has 0 unspecified atom stereocenters. The molecule has 2 N–H and O–H groups in total. The third-order valence-electron chi connectivity index (χ3n) is 4.70. The van der Waals surface area contributed by atoms with E-state index in [1.807, 2.05) is 0 Å². The van der Waals surface area contributed by atoms with Gasteiger partial charge < -0.3 is 19.9 Å². The Labute approximate surface area is 170 Å². The van der Waals surface area contributed by atoms with Crippen molar-refractivity contribution in [1.29, 1.82) is 0 Å². The molecule has 1 aliphatic heterocycles. The number of nitrogens with one attached hydrogen (secondary N) is 1. The maximum Gasteiger partial charge on any atom is 0.416 e. The number of anilines is 1. The number of halogens is 3. The second kappa shape index (κ2) is 8.00. The Bertz CT molecular complexity index is 961. The van der Waals surface area contributed by atoms with Crippen LogP contribution >= 0.6 is 12.2 Å². The molecule has 0 saturated heterocycles. The number of carbonyl (C=O) groups is 1. The number of thiocarbonyl (C=S) groups is 1. The van der Waals surface area contributed by atoms with Crippen LogP contribution in [0.1, 0.15) is 34.8 Å². The lowest BCUT2D eigenvalue weighted by Gasteiger charge is -2.24. The number of carboxylic acid groups (broad SMARTS) is 1. The molecule has 1 aliphatic rings. The Hall–Kier alpha value is -2.65. The first-order chi connectivity index (χ1) is 13.6. The zero-order valence-electron chi connectivity index (χ0n) is 15.5. The highest BCUT2D eigenvalue weighted by atomic mass is 32.1. The van der Waals surface area contributed by atoms with Gasteiger partial charge in [0.1, 0.15) is 22.9 Å². The van der Waals surface area contributed by atoms with Gasteiger partial charge in [0.15, 0.2) is 0 Å². The van der Waals surface area contributed by atoms with Gasteiger partial charge in [-0.25, -0.2) is 0 Å². The number of benzene rings is 2. The number of hydrogen-bond acceptors (Lipinski definition) is 4. The van der Waals surface area contributed by atoms with Gasteiger partial charge in [-0.1, -0.05) is 24.4 Å². The number of aliphatic carboxylic acids is 1. The van der Waals surface area contributed by atoms with Crippen molar-refractivity contribution in [1.82, 2.24) is 0 Å². The molecule has 2 aromatic rings. The van der Waals surface area contributed by atoms with Gasteiger partial charge in [-0.3, -0.25) is 4.79 Å². The number of ether oxygens (including phenoxy) is 2. The molecule has 2 atom stereocenters. The van der Waals surface area contributed by atoms with E-state index in [9.17, 15) is 23.1 Å². The Morgan fingerprint density at radius 1 is 1.28 bits per heavy atom. The molecule has 9 heteroatoms. The van der Waals surface area contributed by atoms with Crippen LogP contribution < -0.4 is 10.1 Å². The van der Waals surface area contributed by atoms with Crippen molar-refractivity contribution in [3.63, 3.8) is 0 Å². The van der Waals surface area contributed by atoms with Gasteiger partial charge >= 0.3 is 12.1 Å². The van der Waals surface area contributed by atoms with E-state index in [0.29, 0.717) is 22.6 Å². The molecule has 5 nitrogen and oxygen atoms in total. The second-order valence-electron chi connectivity index (χ2n) is 6.57. The minimum Gasteiger partial charge on any atom is -0.496 e. The number of alkyl halides is 3. The highest BCUT2D eigenvalue weighted by Crippen LogP contribution is 2.42. The molecule has 29 heavy (non-hydrogen) atoms. The number of fused-ring (bicyclic) bond motifs is 1. The minimum absolute atomic E-state index is 0.0939. The number of carboxylic acids is 1. The van der Waals surface area contributed by atoms with E-state index in [1.165, 1.54) is 13.2 Å². The molecule has 2 aromatic carbocycles. The number of methoxy groups -OCH3 is 1. The topological polar surface area (TPSA) is 67.8 Å². The van der Waals surface area contributed by atoms with Gasteiger partial charge in [0, 0.05) is 11.3 Å². The van der Waals surface area contributed by atoms with E-state index < -0.39 is 36.3 Å². The molecule has 3 rings (SSSR count). The summed E-state index contributed by atoms with van der Waals surface area (Å²) in [6, 6.07) is 8.35. The van der Waals surface area contributed by atoms with Crippen molar-refractivity contribution in [2.45, 2.75) is 31.7 Å². The molecule has 0 fully saturated rings. The zero-order valence-corrected chi connectivity index (χ0v) is 16.4. The molecule has 0 spiro atoms. The van der Waals surface area contributed by atoms with Crippen LogP contribution in [0.25, 0.3) is 0 Å².